The third kappa shape index (κ3) is 4.37. The Labute approximate surface area is 158 Å². The zero-order valence-corrected chi connectivity index (χ0v) is 16.0. The predicted octanol–water partition coefficient (Wildman–Crippen LogP) is 1.51. The largest absolute Gasteiger partial charge is 0.387 e. The van der Waals surface area contributed by atoms with Gasteiger partial charge in [-0.2, -0.15) is 5.10 Å². The van der Waals surface area contributed by atoms with Gasteiger partial charge in [-0.15, -0.1) is 0 Å². The second kappa shape index (κ2) is 9.41. The number of hydrogen-bond donors (Lipinski definition) is 2. The molecule has 9 heteroatoms. The number of aromatic nitrogens is 4. The molecule has 1 fully saturated rings. The van der Waals surface area contributed by atoms with Crippen LogP contribution in [-0.2, 0) is 14.2 Å². The van der Waals surface area contributed by atoms with E-state index >= 15 is 0 Å². The molecule has 0 radical (unpaired) electrons. The number of fused-ring (bicyclic) bond motifs is 1. The summed E-state index contributed by atoms with van der Waals surface area (Å²) in [5.41, 5.74) is 6.91. The molecule has 9 nitrogen and oxygen atoms in total. The number of nitrogens with two attached hydrogens (primary N) is 1. The monoisotopic (exact) mass is 379 g/mol. The van der Waals surface area contributed by atoms with Gasteiger partial charge >= 0.3 is 0 Å². The number of rotatable bonds is 10. The van der Waals surface area contributed by atoms with Crippen LogP contribution in [0.4, 0.5) is 5.82 Å². The fourth-order valence-corrected chi connectivity index (χ4v) is 3.18. The molecule has 0 aromatic carbocycles. The van der Waals surface area contributed by atoms with E-state index in [4.69, 9.17) is 19.9 Å². The first kappa shape index (κ1) is 19.9. The fourth-order valence-electron chi connectivity index (χ4n) is 3.18. The van der Waals surface area contributed by atoms with Gasteiger partial charge in [0.15, 0.2) is 11.5 Å². The lowest BCUT2D eigenvalue weighted by Gasteiger charge is -2.21. The molecular formula is C18H29N5O4. The second-order valence-electron chi connectivity index (χ2n) is 6.77. The topological polar surface area (TPSA) is 117 Å². The zero-order valence-electron chi connectivity index (χ0n) is 16.0. The van der Waals surface area contributed by atoms with Gasteiger partial charge in [0.25, 0.3) is 0 Å². The molecule has 0 unspecified atom stereocenters. The molecule has 1 aliphatic heterocycles. The van der Waals surface area contributed by atoms with Gasteiger partial charge in [-0.25, -0.2) is 14.5 Å². The molecule has 0 bridgehead atoms. The molecule has 2 aromatic rings. The van der Waals surface area contributed by atoms with Crippen molar-refractivity contribution in [3.8, 4) is 0 Å². The van der Waals surface area contributed by atoms with E-state index in [0.717, 1.165) is 25.7 Å². The summed E-state index contributed by atoms with van der Waals surface area (Å²) in [6.45, 7) is 5.82. The van der Waals surface area contributed by atoms with Gasteiger partial charge in [-0.05, 0) is 12.8 Å². The number of nitrogens with zero attached hydrogens (tertiary/aromatic N) is 4. The standard InChI is InChI=1S/C18H29N5O4/c1-3-5-7-25-10-13-16(26-8-6-4-2)14(24)15(27-13)12-9-20-18-17(19)21-11-22-23(12)18/h9,11,13-16,24H,3-8,10H2,1-2H3,(H2,19,21,22)/t13-,14+,15+,16-/m1/s1. The van der Waals surface area contributed by atoms with E-state index in [1.807, 2.05) is 0 Å². The van der Waals surface area contributed by atoms with Crippen LogP contribution in [0.25, 0.3) is 5.65 Å². The summed E-state index contributed by atoms with van der Waals surface area (Å²) in [7, 11) is 0. The lowest BCUT2D eigenvalue weighted by molar-refractivity contribution is -0.0698. The summed E-state index contributed by atoms with van der Waals surface area (Å²) in [6, 6.07) is 0. The Kier molecular flexibility index (Phi) is 6.95. The molecule has 3 rings (SSSR count). The smallest absolute Gasteiger partial charge is 0.196 e. The summed E-state index contributed by atoms with van der Waals surface area (Å²) in [4.78, 5) is 8.20. The van der Waals surface area contributed by atoms with Gasteiger partial charge in [0.2, 0.25) is 0 Å². The molecule has 4 atom stereocenters. The molecule has 3 heterocycles. The maximum atomic E-state index is 10.9. The van der Waals surface area contributed by atoms with E-state index in [1.54, 1.807) is 10.7 Å². The number of anilines is 1. The molecule has 3 N–H and O–H groups in total. The summed E-state index contributed by atoms with van der Waals surface area (Å²) >= 11 is 0. The highest BCUT2D eigenvalue weighted by Gasteiger charge is 2.46. The Hall–Kier alpha value is -1.81. The van der Waals surface area contributed by atoms with Crippen LogP contribution < -0.4 is 5.73 Å². The van der Waals surface area contributed by atoms with Crippen LogP contribution in [-0.4, -0.2) is 62.8 Å². The van der Waals surface area contributed by atoms with Crippen LogP contribution in [0.2, 0.25) is 0 Å². The summed E-state index contributed by atoms with van der Waals surface area (Å²) < 4.78 is 19.4. The maximum Gasteiger partial charge on any atom is 0.196 e. The molecular weight excluding hydrogens is 350 g/mol. The van der Waals surface area contributed by atoms with Crippen molar-refractivity contribution in [2.24, 2.45) is 0 Å². The Bertz CT molecular complexity index is 725. The summed E-state index contributed by atoms with van der Waals surface area (Å²) in [5, 5.41) is 15.1. The van der Waals surface area contributed by atoms with Crippen molar-refractivity contribution < 1.29 is 19.3 Å². The Morgan fingerprint density at radius 3 is 2.78 bits per heavy atom. The minimum absolute atomic E-state index is 0.277. The summed E-state index contributed by atoms with van der Waals surface area (Å²) in [5.74, 6) is 0.277. The lowest BCUT2D eigenvalue weighted by Crippen LogP contribution is -2.36. The average molecular weight is 379 g/mol. The van der Waals surface area contributed by atoms with Crippen molar-refractivity contribution in [2.75, 3.05) is 25.6 Å². The van der Waals surface area contributed by atoms with Gasteiger partial charge < -0.3 is 25.1 Å². The zero-order chi connectivity index (χ0) is 19.2. The van der Waals surface area contributed by atoms with E-state index in [9.17, 15) is 5.11 Å². The van der Waals surface area contributed by atoms with Crippen molar-refractivity contribution in [2.45, 2.75) is 63.9 Å². The van der Waals surface area contributed by atoms with E-state index in [0.29, 0.717) is 31.2 Å². The number of aliphatic hydroxyl groups is 1. The first-order chi connectivity index (χ1) is 13.2. The number of unbranched alkanes of at least 4 members (excludes halogenated alkanes) is 2. The fraction of sp³-hybridized carbons (Fsp3) is 0.722. The van der Waals surface area contributed by atoms with Crippen LogP contribution in [0.15, 0.2) is 12.5 Å². The van der Waals surface area contributed by atoms with Crippen LogP contribution >= 0.6 is 0 Å². The normalized spacial score (nSPS) is 25.4. The van der Waals surface area contributed by atoms with Crippen molar-refractivity contribution >= 4 is 11.5 Å². The van der Waals surface area contributed by atoms with E-state index in [1.165, 1.54) is 6.33 Å². The number of imidazole rings is 1. The van der Waals surface area contributed by atoms with Gasteiger partial charge in [-0.1, -0.05) is 26.7 Å². The Morgan fingerprint density at radius 2 is 2.00 bits per heavy atom. The minimum atomic E-state index is -0.849. The molecule has 150 valence electrons. The number of nitrogen functional groups attached to an aromatic ring is 1. The number of ether oxygens (including phenoxy) is 3. The highest BCUT2D eigenvalue weighted by Crippen LogP contribution is 2.35. The molecule has 1 aliphatic rings. The maximum absolute atomic E-state index is 10.9. The van der Waals surface area contributed by atoms with Gasteiger partial charge in [-0.3, -0.25) is 0 Å². The minimum Gasteiger partial charge on any atom is -0.387 e. The Balaban J connectivity index is 1.77. The van der Waals surface area contributed by atoms with Gasteiger partial charge in [0.05, 0.1) is 18.5 Å². The summed E-state index contributed by atoms with van der Waals surface area (Å²) in [6.07, 6.45) is 4.67. The first-order valence-corrected chi connectivity index (χ1v) is 9.64. The Morgan fingerprint density at radius 1 is 1.22 bits per heavy atom. The average Bonchev–Trinajstić information content (AvgIpc) is 3.22. The van der Waals surface area contributed by atoms with Crippen LogP contribution in [0.3, 0.4) is 0 Å². The SMILES string of the molecule is CCCCOC[C@H]1O[C@@H](c2cnc3c(N)ncnn23)[C@H](O)[C@@H]1OCCCC. The molecule has 27 heavy (non-hydrogen) atoms. The molecule has 1 saturated heterocycles. The number of hydrogen-bond acceptors (Lipinski definition) is 8. The van der Waals surface area contributed by atoms with Crippen LogP contribution in [0.5, 0.6) is 0 Å². The van der Waals surface area contributed by atoms with Crippen molar-refractivity contribution in [3.05, 3.63) is 18.2 Å². The molecule has 2 aromatic heterocycles. The van der Waals surface area contributed by atoms with Gasteiger partial charge in [0.1, 0.15) is 30.7 Å². The second-order valence-corrected chi connectivity index (χ2v) is 6.77. The molecule has 0 aliphatic carbocycles. The third-order valence-electron chi connectivity index (χ3n) is 4.72. The third-order valence-corrected chi connectivity index (χ3v) is 4.72. The van der Waals surface area contributed by atoms with E-state index in [-0.39, 0.29) is 11.9 Å². The molecule has 0 amide bonds. The highest BCUT2D eigenvalue weighted by molar-refractivity contribution is 5.58. The van der Waals surface area contributed by atoms with E-state index < -0.39 is 18.3 Å². The molecule has 0 saturated carbocycles. The highest BCUT2D eigenvalue weighted by atomic mass is 16.6. The predicted molar refractivity (Wildman–Crippen MR) is 99.2 cm³/mol. The number of aliphatic hydroxyl groups excluding tert-OH is 1. The van der Waals surface area contributed by atoms with E-state index in [2.05, 4.69) is 28.9 Å². The molecule has 0 spiro atoms. The van der Waals surface area contributed by atoms with Crippen LogP contribution in [0, 0.1) is 0 Å². The first-order valence-electron chi connectivity index (χ1n) is 9.64. The lowest BCUT2D eigenvalue weighted by atomic mass is 10.1. The van der Waals surface area contributed by atoms with Crippen molar-refractivity contribution in [1.82, 2.24) is 19.6 Å². The van der Waals surface area contributed by atoms with Gasteiger partial charge in [0, 0.05) is 13.2 Å². The van der Waals surface area contributed by atoms with Crippen molar-refractivity contribution in [3.63, 3.8) is 0 Å². The van der Waals surface area contributed by atoms with Crippen molar-refractivity contribution in [1.29, 1.82) is 0 Å². The van der Waals surface area contributed by atoms with Crippen LogP contribution in [0.1, 0.15) is 51.3 Å². The quantitative estimate of drug-likeness (QED) is 0.597.